The van der Waals surface area contributed by atoms with Crippen molar-refractivity contribution in [2.45, 2.75) is 0 Å². The Bertz CT molecular complexity index is 355. The number of fused-ring (bicyclic) bond motifs is 1. The Morgan fingerprint density at radius 3 is 3.20 bits per heavy atom. The van der Waals surface area contributed by atoms with E-state index >= 15 is 0 Å². The zero-order valence-corrected chi connectivity index (χ0v) is 4.98. The largest absolute Gasteiger partial charge is 0.508 e. The molecular formula is C6H4N2O2. The number of benzene rings is 1. The third kappa shape index (κ3) is 0.621. The predicted octanol–water partition coefficient (Wildman–Crippen LogP) is 0.928. The third-order valence-electron chi connectivity index (χ3n) is 1.23. The molecule has 0 aliphatic heterocycles. The lowest BCUT2D eigenvalue weighted by Gasteiger charge is -1.85. The molecule has 1 aromatic heterocycles. The average Bonchev–Trinajstić information content (AvgIpc) is 2.33. The lowest BCUT2D eigenvalue weighted by Crippen LogP contribution is -1.66. The first-order chi connectivity index (χ1) is 4.86. The van der Waals surface area contributed by atoms with Gasteiger partial charge in [-0.1, -0.05) is 0 Å². The number of phenols is 1. The van der Waals surface area contributed by atoms with Gasteiger partial charge in [0, 0.05) is 11.3 Å². The highest BCUT2D eigenvalue weighted by Gasteiger charge is 1.98. The van der Waals surface area contributed by atoms with Crippen molar-refractivity contribution in [1.82, 2.24) is 10.4 Å². The maximum atomic E-state index is 8.94. The second-order valence-corrected chi connectivity index (χ2v) is 1.92. The summed E-state index contributed by atoms with van der Waals surface area (Å²) in [4.78, 5) is 0. The van der Waals surface area contributed by atoms with Gasteiger partial charge in [0.2, 0.25) is 0 Å². The Morgan fingerprint density at radius 2 is 2.30 bits per heavy atom. The molecule has 4 heteroatoms. The van der Waals surface area contributed by atoms with Crippen molar-refractivity contribution in [1.29, 1.82) is 0 Å². The Balaban J connectivity index is 2.86. The van der Waals surface area contributed by atoms with E-state index in [1.54, 1.807) is 6.07 Å². The van der Waals surface area contributed by atoms with E-state index in [2.05, 4.69) is 10.4 Å². The molecule has 2 aromatic rings. The molecule has 0 radical (unpaired) electrons. The van der Waals surface area contributed by atoms with Crippen LogP contribution in [0.2, 0.25) is 0 Å². The maximum absolute atomic E-state index is 8.94. The van der Waals surface area contributed by atoms with Gasteiger partial charge in [0.05, 0.1) is 0 Å². The molecule has 0 fully saturated rings. The second-order valence-electron chi connectivity index (χ2n) is 1.92. The van der Waals surface area contributed by atoms with E-state index in [0.29, 0.717) is 11.1 Å². The van der Waals surface area contributed by atoms with E-state index in [-0.39, 0.29) is 5.75 Å². The fraction of sp³-hybridized carbons (Fsp3) is 0. The van der Waals surface area contributed by atoms with Crippen LogP contribution in [0.3, 0.4) is 0 Å². The predicted molar refractivity (Wildman–Crippen MR) is 33.5 cm³/mol. The number of phenolic OH excluding ortho intramolecular Hbond substituents is 1. The molecule has 1 heterocycles. The zero-order chi connectivity index (χ0) is 6.97. The molecule has 0 bridgehead atoms. The monoisotopic (exact) mass is 136 g/mol. The van der Waals surface area contributed by atoms with Gasteiger partial charge >= 0.3 is 0 Å². The molecule has 1 aromatic carbocycles. The molecule has 0 aliphatic carbocycles. The summed E-state index contributed by atoms with van der Waals surface area (Å²) in [5, 5.41) is 15.8. The molecule has 2 rings (SSSR count). The number of hydrogen-bond acceptors (Lipinski definition) is 4. The minimum atomic E-state index is 0.170. The van der Waals surface area contributed by atoms with E-state index in [1.807, 2.05) is 0 Å². The highest BCUT2D eigenvalue weighted by atomic mass is 16.5. The fourth-order valence-electron chi connectivity index (χ4n) is 0.769. The highest BCUT2D eigenvalue weighted by Crippen LogP contribution is 2.16. The summed E-state index contributed by atoms with van der Waals surface area (Å²) in [7, 11) is 0. The Morgan fingerprint density at radius 1 is 1.40 bits per heavy atom. The first-order valence-electron chi connectivity index (χ1n) is 2.77. The lowest BCUT2D eigenvalue weighted by atomic mass is 10.3. The van der Waals surface area contributed by atoms with Gasteiger partial charge in [0.1, 0.15) is 11.3 Å². The van der Waals surface area contributed by atoms with E-state index in [1.165, 1.54) is 12.1 Å². The summed E-state index contributed by atoms with van der Waals surface area (Å²) < 4.78 is 4.70. The number of rotatable bonds is 0. The first kappa shape index (κ1) is 5.22. The molecule has 0 aliphatic rings. The van der Waals surface area contributed by atoms with Crippen LogP contribution < -0.4 is 0 Å². The summed E-state index contributed by atoms with van der Waals surface area (Å²) in [6.45, 7) is 0. The van der Waals surface area contributed by atoms with Crippen LogP contribution in [0.1, 0.15) is 0 Å². The van der Waals surface area contributed by atoms with Crippen LogP contribution in [0.4, 0.5) is 0 Å². The van der Waals surface area contributed by atoms with Crippen LogP contribution in [0.25, 0.3) is 11.1 Å². The molecule has 0 saturated carbocycles. The SMILES string of the molecule is Oc1ccc2onnc2c1. The zero-order valence-electron chi connectivity index (χ0n) is 4.98. The number of aromatic hydroxyl groups is 1. The van der Waals surface area contributed by atoms with Crippen LogP contribution >= 0.6 is 0 Å². The Hall–Kier alpha value is -1.58. The molecule has 0 atom stereocenters. The van der Waals surface area contributed by atoms with Crippen molar-refractivity contribution < 1.29 is 9.63 Å². The van der Waals surface area contributed by atoms with Gasteiger partial charge in [-0.3, -0.25) is 0 Å². The van der Waals surface area contributed by atoms with E-state index in [9.17, 15) is 0 Å². The van der Waals surface area contributed by atoms with Crippen LogP contribution in [-0.2, 0) is 0 Å². The molecule has 4 nitrogen and oxygen atoms in total. The summed E-state index contributed by atoms with van der Waals surface area (Å²) >= 11 is 0. The standard InChI is InChI=1S/C6H4N2O2/c9-4-1-2-6-5(3-4)7-8-10-6/h1-3,9H. The summed E-state index contributed by atoms with van der Waals surface area (Å²) in [6, 6.07) is 4.63. The number of nitrogens with zero attached hydrogens (tertiary/aromatic N) is 2. The van der Waals surface area contributed by atoms with Gasteiger partial charge in [-0.2, -0.15) is 0 Å². The first-order valence-corrected chi connectivity index (χ1v) is 2.77. The third-order valence-corrected chi connectivity index (χ3v) is 1.23. The minimum absolute atomic E-state index is 0.170. The summed E-state index contributed by atoms with van der Waals surface area (Å²) in [5.74, 6) is 0.170. The van der Waals surface area contributed by atoms with Crippen LogP contribution in [0, 0.1) is 0 Å². The van der Waals surface area contributed by atoms with Crippen molar-refractivity contribution in [3.8, 4) is 5.75 Å². The van der Waals surface area contributed by atoms with Gasteiger partial charge in [0.25, 0.3) is 0 Å². The van der Waals surface area contributed by atoms with Gasteiger partial charge in [-0.05, 0) is 12.1 Å². The second kappa shape index (κ2) is 1.70. The molecule has 0 unspecified atom stereocenters. The number of aromatic nitrogens is 2. The van der Waals surface area contributed by atoms with Crippen molar-refractivity contribution in [2.24, 2.45) is 0 Å². The number of hydrogen-bond donors (Lipinski definition) is 1. The van der Waals surface area contributed by atoms with Crippen LogP contribution in [0.5, 0.6) is 5.75 Å². The summed E-state index contributed by atoms with van der Waals surface area (Å²) in [6.07, 6.45) is 0. The van der Waals surface area contributed by atoms with Crippen LogP contribution in [0.15, 0.2) is 22.7 Å². The smallest absolute Gasteiger partial charge is 0.187 e. The quantitative estimate of drug-likeness (QED) is 0.585. The Kier molecular flexibility index (Phi) is 0.887. The van der Waals surface area contributed by atoms with Gasteiger partial charge < -0.3 is 9.63 Å². The molecule has 10 heavy (non-hydrogen) atoms. The molecule has 50 valence electrons. The molecule has 0 spiro atoms. The van der Waals surface area contributed by atoms with Crippen LogP contribution in [-0.4, -0.2) is 15.5 Å². The molecule has 0 amide bonds. The Labute approximate surface area is 56.1 Å². The topological polar surface area (TPSA) is 59.2 Å². The fourth-order valence-corrected chi connectivity index (χ4v) is 0.769. The molecule has 0 saturated heterocycles. The van der Waals surface area contributed by atoms with Crippen molar-refractivity contribution >= 4 is 11.1 Å². The maximum Gasteiger partial charge on any atom is 0.187 e. The highest BCUT2D eigenvalue weighted by molar-refractivity contribution is 5.72. The van der Waals surface area contributed by atoms with Gasteiger partial charge in [-0.25, -0.2) is 0 Å². The van der Waals surface area contributed by atoms with E-state index in [0.717, 1.165) is 0 Å². The van der Waals surface area contributed by atoms with Gasteiger partial charge in [-0.15, -0.1) is 5.10 Å². The van der Waals surface area contributed by atoms with Gasteiger partial charge in [0.15, 0.2) is 5.58 Å². The van der Waals surface area contributed by atoms with E-state index in [4.69, 9.17) is 9.63 Å². The summed E-state index contributed by atoms with van der Waals surface area (Å²) in [5.41, 5.74) is 1.15. The average molecular weight is 136 g/mol. The normalized spacial score (nSPS) is 10.4. The lowest BCUT2D eigenvalue weighted by molar-refractivity contribution is 0.424. The molecular weight excluding hydrogens is 132 g/mol. The van der Waals surface area contributed by atoms with E-state index < -0.39 is 0 Å². The minimum Gasteiger partial charge on any atom is -0.508 e. The molecule has 1 N–H and O–H groups in total. The van der Waals surface area contributed by atoms with Crippen molar-refractivity contribution in [3.63, 3.8) is 0 Å². The van der Waals surface area contributed by atoms with Crippen molar-refractivity contribution in [2.75, 3.05) is 0 Å². The van der Waals surface area contributed by atoms with Crippen molar-refractivity contribution in [3.05, 3.63) is 18.2 Å².